The van der Waals surface area contributed by atoms with Gasteiger partial charge in [-0.15, -0.1) is 24.8 Å². The number of nitrogens with two attached hydrogens (primary N) is 1. The van der Waals surface area contributed by atoms with Crippen LogP contribution >= 0.6 is 24.8 Å². The number of hydrogen-bond donors (Lipinski definition) is 1. The summed E-state index contributed by atoms with van der Waals surface area (Å²) >= 11 is 0. The van der Waals surface area contributed by atoms with Crippen molar-refractivity contribution in [3.63, 3.8) is 0 Å². The fourth-order valence-corrected chi connectivity index (χ4v) is 1.48. The molecule has 0 saturated heterocycles. The normalized spacial score (nSPS) is 10.2. The largest absolute Gasteiger partial charge is 0.340 e. The number of aryl methyl sites for hydroxylation is 1. The standard InChI is InChI=1S/C12H20N4O.2ClH/c1-9-5-15-10(6-14-9)11(17)16(4)8-12(2,3)7-13;;/h5-6H,7-8,13H2,1-4H3;2*1H. The predicted octanol–water partition coefficient (Wildman–Crippen LogP) is 1.69. The van der Waals surface area contributed by atoms with E-state index in [0.29, 0.717) is 18.8 Å². The van der Waals surface area contributed by atoms with Gasteiger partial charge in [-0.05, 0) is 18.9 Å². The van der Waals surface area contributed by atoms with Gasteiger partial charge in [0.1, 0.15) is 5.69 Å². The van der Waals surface area contributed by atoms with Gasteiger partial charge >= 0.3 is 0 Å². The molecule has 0 aromatic carbocycles. The van der Waals surface area contributed by atoms with E-state index in [1.54, 1.807) is 18.1 Å². The summed E-state index contributed by atoms with van der Waals surface area (Å²) in [7, 11) is 1.75. The first-order valence-electron chi connectivity index (χ1n) is 5.60. The monoisotopic (exact) mass is 308 g/mol. The molecule has 0 fully saturated rings. The van der Waals surface area contributed by atoms with E-state index in [4.69, 9.17) is 5.73 Å². The van der Waals surface area contributed by atoms with Crippen LogP contribution in [0.2, 0.25) is 0 Å². The molecule has 0 atom stereocenters. The molecular formula is C12H22Cl2N4O. The highest BCUT2D eigenvalue weighted by Gasteiger charge is 2.22. The molecule has 7 heteroatoms. The van der Waals surface area contributed by atoms with Gasteiger partial charge in [-0.25, -0.2) is 4.98 Å². The molecule has 1 aromatic heterocycles. The molecule has 1 aromatic rings. The maximum absolute atomic E-state index is 12.0. The summed E-state index contributed by atoms with van der Waals surface area (Å²) in [6.45, 7) is 7.01. The van der Waals surface area contributed by atoms with Crippen molar-refractivity contribution >= 4 is 30.7 Å². The summed E-state index contributed by atoms with van der Waals surface area (Å²) in [4.78, 5) is 21.8. The summed E-state index contributed by atoms with van der Waals surface area (Å²) in [6, 6.07) is 0. The minimum Gasteiger partial charge on any atom is -0.340 e. The van der Waals surface area contributed by atoms with Gasteiger partial charge in [-0.1, -0.05) is 13.8 Å². The molecule has 110 valence electrons. The highest BCUT2D eigenvalue weighted by molar-refractivity contribution is 5.91. The van der Waals surface area contributed by atoms with E-state index in [1.807, 2.05) is 20.8 Å². The zero-order chi connectivity index (χ0) is 13.1. The maximum Gasteiger partial charge on any atom is 0.273 e. The topological polar surface area (TPSA) is 72.1 Å². The summed E-state index contributed by atoms with van der Waals surface area (Å²) in [6.07, 6.45) is 3.10. The van der Waals surface area contributed by atoms with Crippen LogP contribution < -0.4 is 5.73 Å². The van der Waals surface area contributed by atoms with Crippen molar-refractivity contribution in [1.29, 1.82) is 0 Å². The highest BCUT2D eigenvalue weighted by Crippen LogP contribution is 2.14. The Bertz CT molecular complexity index is 395. The van der Waals surface area contributed by atoms with Gasteiger partial charge in [0.25, 0.3) is 5.91 Å². The van der Waals surface area contributed by atoms with Gasteiger partial charge in [0.2, 0.25) is 0 Å². The van der Waals surface area contributed by atoms with E-state index < -0.39 is 0 Å². The number of nitrogens with zero attached hydrogens (tertiary/aromatic N) is 3. The SMILES string of the molecule is Cc1cnc(C(=O)N(C)CC(C)(C)CN)cn1.Cl.Cl. The zero-order valence-corrected chi connectivity index (χ0v) is 13.3. The summed E-state index contributed by atoms with van der Waals surface area (Å²) in [5.74, 6) is -0.126. The van der Waals surface area contributed by atoms with Crippen molar-refractivity contribution < 1.29 is 4.79 Å². The lowest BCUT2D eigenvalue weighted by molar-refractivity contribution is 0.0734. The Morgan fingerprint density at radius 1 is 1.32 bits per heavy atom. The second-order valence-corrected chi connectivity index (χ2v) is 5.07. The molecule has 1 rings (SSSR count). The second kappa shape index (κ2) is 8.30. The first kappa shape index (κ1) is 20.4. The van der Waals surface area contributed by atoms with Crippen LogP contribution in [0, 0.1) is 12.3 Å². The third-order valence-corrected chi connectivity index (χ3v) is 2.56. The van der Waals surface area contributed by atoms with E-state index in [9.17, 15) is 4.79 Å². The van der Waals surface area contributed by atoms with Crippen LogP contribution in [0.3, 0.4) is 0 Å². The van der Waals surface area contributed by atoms with Crippen LogP contribution in [0.1, 0.15) is 30.0 Å². The number of carbonyl (C=O) groups is 1. The number of amides is 1. The summed E-state index contributed by atoms with van der Waals surface area (Å²) < 4.78 is 0. The van der Waals surface area contributed by atoms with Crippen LogP contribution in [0.5, 0.6) is 0 Å². The number of carbonyl (C=O) groups excluding carboxylic acids is 1. The molecule has 0 aliphatic carbocycles. The van der Waals surface area contributed by atoms with Crippen LogP contribution in [0.15, 0.2) is 12.4 Å². The van der Waals surface area contributed by atoms with E-state index in [-0.39, 0.29) is 36.1 Å². The molecule has 0 saturated carbocycles. The molecular weight excluding hydrogens is 287 g/mol. The number of rotatable bonds is 4. The molecule has 0 unspecified atom stereocenters. The first-order chi connectivity index (χ1) is 7.85. The van der Waals surface area contributed by atoms with Gasteiger partial charge < -0.3 is 10.6 Å². The van der Waals surface area contributed by atoms with E-state index in [0.717, 1.165) is 5.69 Å². The number of halogens is 2. The zero-order valence-electron chi connectivity index (χ0n) is 11.7. The molecule has 2 N–H and O–H groups in total. The second-order valence-electron chi connectivity index (χ2n) is 5.07. The lowest BCUT2D eigenvalue weighted by Crippen LogP contribution is -2.40. The van der Waals surface area contributed by atoms with Gasteiger partial charge in [-0.3, -0.25) is 9.78 Å². The molecule has 0 radical (unpaired) electrons. The third-order valence-electron chi connectivity index (χ3n) is 2.56. The highest BCUT2D eigenvalue weighted by atomic mass is 35.5. The molecule has 5 nitrogen and oxygen atoms in total. The molecule has 0 bridgehead atoms. The minimum atomic E-state index is -0.126. The molecule has 19 heavy (non-hydrogen) atoms. The summed E-state index contributed by atoms with van der Waals surface area (Å²) in [5, 5.41) is 0. The van der Waals surface area contributed by atoms with Crippen molar-refractivity contribution in [2.24, 2.45) is 11.1 Å². The third kappa shape index (κ3) is 6.18. The molecule has 0 spiro atoms. The first-order valence-corrected chi connectivity index (χ1v) is 5.60. The lowest BCUT2D eigenvalue weighted by atomic mass is 9.93. The Balaban J connectivity index is 0. The average molecular weight is 309 g/mol. The Hall–Kier alpha value is -0.910. The van der Waals surface area contributed by atoms with Crippen LogP contribution in [0.4, 0.5) is 0 Å². The fourth-order valence-electron chi connectivity index (χ4n) is 1.48. The number of hydrogen-bond acceptors (Lipinski definition) is 4. The van der Waals surface area contributed by atoms with Gasteiger partial charge in [0, 0.05) is 19.8 Å². The smallest absolute Gasteiger partial charge is 0.273 e. The van der Waals surface area contributed by atoms with Crippen molar-refractivity contribution in [3.8, 4) is 0 Å². The fraction of sp³-hybridized carbons (Fsp3) is 0.583. The van der Waals surface area contributed by atoms with Crippen LogP contribution in [-0.4, -0.2) is 40.9 Å². The van der Waals surface area contributed by atoms with Crippen LogP contribution in [-0.2, 0) is 0 Å². The van der Waals surface area contributed by atoms with Gasteiger partial charge in [0.15, 0.2) is 0 Å². The number of aromatic nitrogens is 2. The predicted molar refractivity (Wildman–Crippen MR) is 81.1 cm³/mol. The average Bonchev–Trinajstić information content (AvgIpc) is 2.28. The van der Waals surface area contributed by atoms with Crippen molar-refractivity contribution in [1.82, 2.24) is 14.9 Å². The maximum atomic E-state index is 12.0. The molecule has 1 amide bonds. The van der Waals surface area contributed by atoms with Gasteiger partial charge in [-0.2, -0.15) is 0 Å². The van der Waals surface area contributed by atoms with E-state index in [2.05, 4.69) is 9.97 Å². The Labute approximate surface area is 126 Å². The summed E-state index contributed by atoms with van der Waals surface area (Å²) in [5.41, 5.74) is 6.72. The van der Waals surface area contributed by atoms with Crippen LogP contribution in [0.25, 0.3) is 0 Å². The lowest BCUT2D eigenvalue weighted by Gasteiger charge is -2.28. The Morgan fingerprint density at radius 3 is 2.32 bits per heavy atom. The minimum absolute atomic E-state index is 0. The Kier molecular flexibility index (Phi) is 8.91. The van der Waals surface area contributed by atoms with Crippen molar-refractivity contribution in [2.45, 2.75) is 20.8 Å². The van der Waals surface area contributed by atoms with Crippen molar-refractivity contribution in [2.75, 3.05) is 20.1 Å². The Morgan fingerprint density at radius 2 is 1.89 bits per heavy atom. The quantitative estimate of drug-likeness (QED) is 0.918. The molecule has 0 aliphatic rings. The molecule has 0 aliphatic heterocycles. The van der Waals surface area contributed by atoms with Crippen molar-refractivity contribution in [3.05, 3.63) is 23.8 Å². The van der Waals surface area contributed by atoms with E-state index in [1.165, 1.54) is 6.20 Å². The van der Waals surface area contributed by atoms with E-state index >= 15 is 0 Å². The van der Waals surface area contributed by atoms with Gasteiger partial charge in [0.05, 0.1) is 11.9 Å². The molecule has 1 heterocycles.